The number of rotatable bonds is 9. The Hall–Kier alpha value is -4.13. The average molecular weight is 448 g/mol. The molecule has 0 fully saturated rings. The van der Waals surface area contributed by atoms with E-state index in [2.05, 4.69) is 0 Å². The summed E-state index contributed by atoms with van der Waals surface area (Å²) in [5.74, 6) is -1.69. The first-order valence-corrected chi connectivity index (χ1v) is 10.3. The molecule has 0 bridgehead atoms. The van der Waals surface area contributed by atoms with Gasteiger partial charge < -0.3 is 19.3 Å². The van der Waals surface area contributed by atoms with Crippen LogP contribution in [0, 0.1) is 0 Å². The number of carboxylic acid groups (broad SMARTS) is 1. The Labute approximate surface area is 191 Å². The predicted octanol–water partition coefficient (Wildman–Crippen LogP) is 4.77. The second-order valence-electron chi connectivity index (χ2n) is 7.49. The van der Waals surface area contributed by atoms with Gasteiger partial charge in [-0.2, -0.15) is 0 Å². The highest BCUT2D eigenvalue weighted by molar-refractivity contribution is 6.15. The number of benzene rings is 3. The number of carboxylic acids is 1. The summed E-state index contributed by atoms with van der Waals surface area (Å²) in [7, 11) is 1.44. The molecule has 0 amide bonds. The Morgan fingerprint density at radius 1 is 0.848 bits per heavy atom. The average Bonchev–Trinajstić information content (AvgIpc) is 2.82. The highest BCUT2D eigenvalue weighted by Gasteiger charge is 2.24. The van der Waals surface area contributed by atoms with Crippen LogP contribution in [0.3, 0.4) is 0 Å². The largest absolute Gasteiger partial charge is 0.493 e. The number of esters is 1. The fourth-order valence-corrected chi connectivity index (χ4v) is 3.12. The normalized spacial score (nSPS) is 10.5. The zero-order chi connectivity index (χ0) is 24.0. The molecule has 33 heavy (non-hydrogen) atoms. The van der Waals surface area contributed by atoms with Crippen LogP contribution in [-0.2, 0) is 11.3 Å². The molecule has 0 atom stereocenters. The number of hydrogen-bond donors (Lipinski definition) is 1. The van der Waals surface area contributed by atoms with Crippen molar-refractivity contribution in [3.63, 3.8) is 0 Å². The van der Waals surface area contributed by atoms with Crippen molar-refractivity contribution in [1.82, 2.24) is 0 Å². The smallest absolute Gasteiger partial charge is 0.339 e. The first-order valence-electron chi connectivity index (χ1n) is 10.3. The van der Waals surface area contributed by atoms with Gasteiger partial charge in [-0.1, -0.05) is 42.5 Å². The second kappa shape index (κ2) is 10.5. The molecular weight excluding hydrogens is 424 g/mol. The summed E-state index contributed by atoms with van der Waals surface area (Å²) in [5, 5.41) is 9.10. The summed E-state index contributed by atoms with van der Waals surface area (Å²) < 4.78 is 16.6. The first kappa shape index (κ1) is 23.5. The van der Waals surface area contributed by atoms with E-state index < -0.39 is 23.8 Å². The lowest BCUT2D eigenvalue weighted by Crippen LogP contribution is -2.17. The van der Waals surface area contributed by atoms with Gasteiger partial charge in [-0.3, -0.25) is 4.79 Å². The molecule has 0 aliphatic carbocycles. The van der Waals surface area contributed by atoms with Crippen molar-refractivity contribution in [1.29, 1.82) is 0 Å². The second-order valence-corrected chi connectivity index (χ2v) is 7.49. The fourth-order valence-electron chi connectivity index (χ4n) is 3.12. The van der Waals surface area contributed by atoms with E-state index in [9.17, 15) is 14.4 Å². The zero-order valence-electron chi connectivity index (χ0n) is 18.5. The maximum absolute atomic E-state index is 13.3. The number of ether oxygens (including phenoxy) is 3. The molecule has 0 aliphatic heterocycles. The summed E-state index contributed by atoms with van der Waals surface area (Å²) >= 11 is 0. The van der Waals surface area contributed by atoms with Crippen LogP contribution in [0.15, 0.2) is 66.7 Å². The highest BCUT2D eigenvalue weighted by Crippen LogP contribution is 2.33. The summed E-state index contributed by atoms with van der Waals surface area (Å²) in [4.78, 5) is 37.2. The van der Waals surface area contributed by atoms with Crippen molar-refractivity contribution >= 4 is 17.7 Å². The SMILES string of the molecule is COc1cc(C(=O)OC(C)C)c(C(=O)c2ccc(C(=O)O)cc2)cc1OCc1ccccc1. The van der Waals surface area contributed by atoms with E-state index in [1.54, 1.807) is 13.8 Å². The molecule has 1 N–H and O–H groups in total. The number of ketones is 1. The van der Waals surface area contributed by atoms with Crippen molar-refractivity contribution in [2.24, 2.45) is 0 Å². The van der Waals surface area contributed by atoms with E-state index in [1.807, 2.05) is 30.3 Å². The van der Waals surface area contributed by atoms with Gasteiger partial charge in [0.15, 0.2) is 17.3 Å². The molecule has 0 radical (unpaired) electrons. The van der Waals surface area contributed by atoms with E-state index in [0.717, 1.165) is 5.56 Å². The minimum Gasteiger partial charge on any atom is -0.493 e. The maximum atomic E-state index is 13.3. The van der Waals surface area contributed by atoms with Crippen molar-refractivity contribution in [2.45, 2.75) is 26.6 Å². The molecule has 3 rings (SSSR count). The molecule has 3 aromatic rings. The van der Waals surface area contributed by atoms with E-state index in [4.69, 9.17) is 19.3 Å². The number of hydrogen-bond acceptors (Lipinski definition) is 6. The molecule has 7 nitrogen and oxygen atoms in total. The number of methoxy groups -OCH3 is 1. The number of aromatic carboxylic acids is 1. The monoisotopic (exact) mass is 448 g/mol. The Morgan fingerprint density at radius 3 is 2.03 bits per heavy atom. The summed E-state index contributed by atoms with van der Waals surface area (Å²) in [6, 6.07) is 17.8. The minimum absolute atomic E-state index is 0.0277. The van der Waals surface area contributed by atoms with Crippen LogP contribution in [0.25, 0.3) is 0 Å². The Morgan fingerprint density at radius 2 is 1.45 bits per heavy atom. The summed E-state index contributed by atoms with van der Waals surface area (Å²) in [6.07, 6.45) is -0.393. The standard InChI is InChI=1S/C26H24O7/c1-16(2)33-26(30)21-14-22(31-3)23(32-15-17-7-5-4-6-8-17)13-20(21)24(27)18-9-11-19(12-10-18)25(28)29/h4-14,16H,15H2,1-3H3,(H,28,29). The van der Waals surface area contributed by atoms with Crippen LogP contribution < -0.4 is 9.47 Å². The summed E-state index contributed by atoms with van der Waals surface area (Å²) in [5.41, 5.74) is 1.28. The van der Waals surface area contributed by atoms with Gasteiger partial charge in [-0.15, -0.1) is 0 Å². The molecule has 3 aromatic carbocycles. The summed E-state index contributed by atoms with van der Waals surface area (Å²) in [6.45, 7) is 3.64. The lowest BCUT2D eigenvalue weighted by molar-refractivity contribution is 0.0374. The molecule has 7 heteroatoms. The van der Waals surface area contributed by atoms with Gasteiger partial charge in [0.25, 0.3) is 0 Å². The topological polar surface area (TPSA) is 99.1 Å². The molecule has 0 unspecified atom stereocenters. The van der Waals surface area contributed by atoms with Gasteiger partial charge in [-0.25, -0.2) is 9.59 Å². The lowest BCUT2D eigenvalue weighted by atomic mass is 9.96. The zero-order valence-corrected chi connectivity index (χ0v) is 18.5. The Balaban J connectivity index is 2.04. The molecule has 0 heterocycles. The van der Waals surface area contributed by atoms with E-state index in [-0.39, 0.29) is 40.4 Å². The van der Waals surface area contributed by atoms with Crippen LogP contribution in [0.2, 0.25) is 0 Å². The predicted molar refractivity (Wildman–Crippen MR) is 121 cm³/mol. The highest BCUT2D eigenvalue weighted by atomic mass is 16.5. The van der Waals surface area contributed by atoms with Gasteiger partial charge >= 0.3 is 11.9 Å². The van der Waals surface area contributed by atoms with Gasteiger partial charge in [0.2, 0.25) is 0 Å². The van der Waals surface area contributed by atoms with Crippen molar-refractivity contribution in [3.8, 4) is 11.5 Å². The van der Waals surface area contributed by atoms with E-state index >= 15 is 0 Å². The molecule has 0 aliphatic rings. The third-order valence-electron chi connectivity index (χ3n) is 4.74. The number of carbonyl (C=O) groups is 3. The number of carbonyl (C=O) groups excluding carboxylic acids is 2. The van der Waals surface area contributed by atoms with Gasteiger partial charge in [0.05, 0.1) is 24.3 Å². The Kier molecular flexibility index (Phi) is 7.46. The molecular formula is C26H24O7. The molecule has 0 saturated heterocycles. The third-order valence-corrected chi connectivity index (χ3v) is 4.74. The van der Waals surface area contributed by atoms with E-state index in [0.29, 0.717) is 0 Å². The maximum Gasteiger partial charge on any atom is 0.339 e. The minimum atomic E-state index is -1.10. The van der Waals surface area contributed by atoms with Crippen LogP contribution in [0.4, 0.5) is 0 Å². The van der Waals surface area contributed by atoms with Crippen LogP contribution >= 0.6 is 0 Å². The van der Waals surface area contributed by atoms with Gasteiger partial charge in [0, 0.05) is 11.1 Å². The molecule has 0 aromatic heterocycles. The van der Waals surface area contributed by atoms with Gasteiger partial charge in [0.1, 0.15) is 6.61 Å². The lowest BCUT2D eigenvalue weighted by Gasteiger charge is -2.16. The molecule has 0 spiro atoms. The molecule has 170 valence electrons. The Bertz CT molecular complexity index is 1150. The molecule has 0 saturated carbocycles. The van der Waals surface area contributed by atoms with E-state index in [1.165, 1.54) is 43.5 Å². The van der Waals surface area contributed by atoms with Crippen LogP contribution in [0.5, 0.6) is 11.5 Å². The van der Waals surface area contributed by atoms with Crippen molar-refractivity contribution in [3.05, 3.63) is 94.5 Å². The first-order chi connectivity index (χ1) is 15.8. The van der Waals surface area contributed by atoms with Crippen LogP contribution in [-0.4, -0.2) is 36.0 Å². The van der Waals surface area contributed by atoms with Crippen molar-refractivity contribution < 1.29 is 33.7 Å². The van der Waals surface area contributed by atoms with Crippen LogP contribution in [0.1, 0.15) is 56.0 Å². The third kappa shape index (κ3) is 5.77. The fraction of sp³-hybridized carbons (Fsp3) is 0.192. The quantitative estimate of drug-likeness (QED) is 0.372. The van der Waals surface area contributed by atoms with Gasteiger partial charge in [-0.05, 0) is 43.7 Å². The van der Waals surface area contributed by atoms with Crippen molar-refractivity contribution in [2.75, 3.05) is 7.11 Å².